The Morgan fingerprint density at radius 2 is 2.21 bits per heavy atom. The topological polar surface area (TPSA) is 66.5 Å². The molecule has 0 saturated heterocycles. The Morgan fingerprint density at radius 1 is 1.29 bits per heavy atom. The van der Waals surface area contributed by atoms with Gasteiger partial charge in [-0.2, -0.15) is 0 Å². The van der Waals surface area contributed by atoms with Crippen LogP contribution in [0, 0.1) is 0 Å². The number of imidazole rings is 1. The highest BCUT2D eigenvalue weighted by atomic mass is 35.5. The Kier molecular flexibility index (Phi) is 2.60. The maximum absolute atomic E-state index is 5.67. The minimum absolute atomic E-state index is 0.375. The molecule has 0 aromatic carbocycles. The minimum Gasteiger partial charge on any atom is -0.363 e. The molecule has 0 aliphatic rings. The molecular formula is C8H8ClN5. The van der Waals surface area contributed by atoms with Crippen molar-refractivity contribution in [3.63, 3.8) is 0 Å². The first-order valence-corrected chi connectivity index (χ1v) is 4.41. The van der Waals surface area contributed by atoms with Gasteiger partial charge >= 0.3 is 0 Å². The fourth-order valence-corrected chi connectivity index (χ4v) is 1.14. The van der Waals surface area contributed by atoms with Crippen molar-refractivity contribution in [3.8, 4) is 0 Å². The predicted molar refractivity (Wildman–Crippen MR) is 53.0 cm³/mol. The molecule has 0 fully saturated rings. The van der Waals surface area contributed by atoms with E-state index in [0.717, 1.165) is 5.69 Å². The van der Waals surface area contributed by atoms with Crippen LogP contribution in [-0.4, -0.2) is 19.9 Å². The van der Waals surface area contributed by atoms with Crippen molar-refractivity contribution in [1.82, 2.24) is 19.9 Å². The number of hydrogen-bond acceptors (Lipinski definition) is 4. The van der Waals surface area contributed by atoms with Crippen molar-refractivity contribution in [2.75, 3.05) is 5.32 Å². The lowest BCUT2D eigenvalue weighted by Crippen LogP contribution is -2.01. The first kappa shape index (κ1) is 8.96. The van der Waals surface area contributed by atoms with Crippen LogP contribution < -0.4 is 5.32 Å². The molecule has 2 aromatic rings. The van der Waals surface area contributed by atoms with Gasteiger partial charge in [0.25, 0.3) is 0 Å². The van der Waals surface area contributed by atoms with E-state index in [0.29, 0.717) is 17.5 Å². The average molecular weight is 210 g/mol. The number of nitrogens with zero attached hydrogens (tertiary/aromatic N) is 3. The SMILES string of the molecule is Clc1cncc(NCc2cnc[nH]2)n1. The van der Waals surface area contributed by atoms with Gasteiger partial charge < -0.3 is 10.3 Å². The third-order valence-electron chi connectivity index (χ3n) is 1.62. The smallest absolute Gasteiger partial charge is 0.149 e. The molecule has 0 bridgehead atoms. The van der Waals surface area contributed by atoms with Crippen LogP contribution in [-0.2, 0) is 6.54 Å². The average Bonchev–Trinajstić information content (AvgIpc) is 2.67. The van der Waals surface area contributed by atoms with E-state index in [9.17, 15) is 0 Å². The van der Waals surface area contributed by atoms with E-state index in [1.807, 2.05) is 0 Å². The number of rotatable bonds is 3. The van der Waals surface area contributed by atoms with Crippen LogP contribution in [0.3, 0.4) is 0 Å². The minimum atomic E-state index is 0.375. The molecule has 5 nitrogen and oxygen atoms in total. The molecule has 6 heteroatoms. The number of nitrogens with one attached hydrogen (secondary N) is 2. The highest BCUT2D eigenvalue weighted by Crippen LogP contribution is 2.07. The lowest BCUT2D eigenvalue weighted by atomic mass is 10.4. The highest BCUT2D eigenvalue weighted by Gasteiger charge is 1.97. The monoisotopic (exact) mass is 209 g/mol. The number of halogens is 1. The first-order valence-electron chi connectivity index (χ1n) is 4.03. The van der Waals surface area contributed by atoms with E-state index in [4.69, 9.17) is 11.6 Å². The van der Waals surface area contributed by atoms with Crippen molar-refractivity contribution in [1.29, 1.82) is 0 Å². The molecule has 0 atom stereocenters. The van der Waals surface area contributed by atoms with Crippen LogP contribution in [0.4, 0.5) is 5.82 Å². The maximum Gasteiger partial charge on any atom is 0.149 e. The molecule has 14 heavy (non-hydrogen) atoms. The summed E-state index contributed by atoms with van der Waals surface area (Å²) in [5.74, 6) is 0.645. The van der Waals surface area contributed by atoms with Gasteiger partial charge in [0.2, 0.25) is 0 Å². The second-order valence-corrected chi connectivity index (χ2v) is 3.04. The zero-order valence-corrected chi connectivity index (χ0v) is 7.99. The lowest BCUT2D eigenvalue weighted by molar-refractivity contribution is 1.04. The van der Waals surface area contributed by atoms with Crippen molar-refractivity contribution in [2.24, 2.45) is 0 Å². The molecule has 2 aromatic heterocycles. The normalized spacial score (nSPS) is 10.1. The third kappa shape index (κ3) is 2.20. The summed E-state index contributed by atoms with van der Waals surface area (Å²) in [5, 5.41) is 3.43. The summed E-state index contributed by atoms with van der Waals surface area (Å²) in [6.07, 6.45) is 6.47. The second kappa shape index (κ2) is 4.06. The quantitative estimate of drug-likeness (QED) is 0.804. The molecule has 0 saturated carbocycles. The fraction of sp³-hybridized carbons (Fsp3) is 0.125. The van der Waals surface area contributed by atoms with Crippen molar-refractivity contribution in [2.45, 2.75) is 6.54 Å². The fourth-order valence-electron chi connectivity index (χ4n) is 0.994. The van der Waals surface area contributed by atoms with Gasteiger partial charge in [0.1, 0.15) is 11.0 Å². The number of aromatic nitrogens is 4. The summed E-state index contributed by atoms with van der Waals surface area (Å²) in [6, 6.07) is 0. The standard InChI is InChI=1S/C8H8ClN5/c9-7-3-10-4-8(14-7)12-2-6-1-11-5-13-6/h1,3-5H,2H2,(H,11,13)(H,12,14). The lowest BCUT2D eigenvalue weighted by Gasteiger charge is -2.02. The van der Waals surface area contributed by atoms with Gasteiger partial charge in [0.15, 0.2) is 0 Å². The van der Waals surface area contributed by atoms with Crippen LogP contribution in [0.15, 0.2) is 24.9 Å². The van der Waals surface area contributed by atoms with Gasteiger partial charge in [-0.3, -0.25) is 4.98 Å². The molecule has 0 radical (unpaired) electrons. The predicted octanol–water partition coefficient (Wildman–Crippen LogP) is 1.47. The summed E-state index contributed by atoms with van der Waals surface area (Å²) >= 11 is 5.67. The van der Waals surface area contributed by atoms with E-state index in [1.165, 1.54) is 6.20 Å². The summed E-state index contributed by atoms with van der Waals surface area (Å²) in [6.45, 7) is 0.620. The number of aromatic amines is 1. The highest BCUT2D eigenvalue weighted by molar-refractivity contribution is 6.29. The summed E-state index contributed by atoms with van der Waals surface area (Å²) in [4.78, 5) is 14.8. The zero-order chi connectivity index (χ0) is 9.80. The number of anilines is 1. The van der Waals surface area contributed by atoms with E-state index in [-0.39, 0.29) is 0 Å². The Balaban J connectivity index is 1.98. The van der Waals surface area contributed by atoms with Crippen LogP contribution in [0.25, 0.3) is 0 Å². The van der Waals surface area contributed by atoms with Crippen LogP contribution in [0.1, 0.15) is 5.69 Å². The van der Waals surface area contributed by atoms with Gasteiger partial charge in [-0.15, -0.1) is 0 Å². The van der Waals surface area contributed by atoms with Crippen molar-refractivity contribution < 1.29 is 0 Å². The molecule has 72 valence electrons. The van der Waals surface area contributed by atoms with E-state index in [1.54, 1.807) is 18.7 Å². The van der Waals surface area contributed by atoms with Gasteiger partial charge in [0, 0.05) is 6.20 Å². The molecule has 2 N–H and O–H groups in total. The molecular weight excluding hydrogens is 202 g/mol. The van der Waals surface area contributed by atoms with Crippen LogP contribution in [0.2, 0.25) is 5.15 Å². The maximum atomic E-state index is 5.67. The summed E-state index contributed by atoms with van der Waals surface area (Å²) in [5.41, 5.74) is 0.978. The largest absolute Gasteiger partial charge is 0.363 e. The number of H-pyrrole nitrogens is 1. The van der Waals surface area contributed by atoms with E-state index in [2.05, 4.69) is 25.3 Å². The van der Waals surface area contributed by atoms with Gasteiger partial charge in [0.05, 0.1) is 31.0 Å². The van der Waals surface area contributed by atoms with Crippen LogP contribution >= 0.6 is 11.6 Å². The Hall–Kier alpha value is -1.62. The van der Waals surface area contributed by atoms with Crippen LogP contribution in [0.5, 0.6) is 0 Å². The Bertz CT molecular complexity index is 400. The van der Waals surface area contributed by atoms with Gasteiger partial charge in [-0.25, -0.2) is 9.97 Å². The molecule has 0 amide bonds. The third-order valence-corrected chi connectivity index (χ3v) is 1.80. The zero-order valence-electron chi connectivity index (χ0n) is 7.24. The Morgan fingerprint density at radius 3 is 2.93 bits per heavy atom. The molecule has 0 aliphatic carbocycles. The molecule has 2 rings (SSSR count). The van der Waals surface area contributed by atoms with Crippen molar-refractivity contribution in [3.05, 3.63) is 35.8 Å². The van der Waals surface area contributed by atoms with E-state index >= 15 is 0 Å². The molecule has 2 heterocycles. The first-order chi connectivity index (χ1) is 6.84. The summed E-state index contributed by atoms with van der Waals surface area (Å²) in [7, 11) is 0. The van der Waals surface area contributed by atoms with Crippen molar-refractivity contribution >= 4 is 17.4 Å². The van der Waals surface area contributed by atoms with E-state index < -0.39 is 0 Å². The molecule has 0 unspecified atom stereocenters. The Labute approximate surface area is 85.6 Å². The van der Waals surface area contributed by atoms with Gasteiger partial charge in [-0.05, 0) is 0 Å². The summed E-state index contributed by atoms with van der Waals surface area (Å²) < 4.78 is 0. The van der Waals surface area contributed by atoms with Gasteiger partial charge in [-0.1, -0.05) is 11.6 Å². The molecule has 0 aliphatic heterocycles. The second-order valence-electron chi connectivity index (χ2n) is 2.66. The number of hydrogen-bond donors (Lipinski definition) is 2. The molecule has 0 spiro atoms.